The lowest BCUT2D eigenvalue weighted by Crippen LogP contribution is -2.49. The molecule has 0 spiro atoms. The molecule has 0 saturated carbocycles. The number of carbonyl (C=O) groups excluding carboxylic acids is 1. The molecule has 2 aromatic rings. The molecule has 1 aliphatic heterocycles. The molecule has 1 heterocycles. The molecule has 1 aliphatic rings. The van der Waals surface area contributed by atoms with Crippen molar-refractivity contribution in [3.8, 4) is 23.3 Å². The Hall–Kier alpha value is -3.66. The predicted molar refractivity (Wildman–Crippen MR) is 115 cm³/mol. The van der Waals surface area contributed by atoms with Crippen molar-refractivity contribution >= 4 is 17.7 Å². The zero-order chi connectivity index (χ0) is 21.5. The molecule has 0 unspecified atom stereocenters. The highest BCUT2D eigenvalue weighted by Gasteiger charge is 2.24. The van der Waals surface area contributed by atoms with Gasteiger partial charge in [0, 0.05) is 31.9 Å². The van der Waals surface area contributed by atoms with E-state index in [2.05, 4.69) is 4.90 Å². The second kappa shape index (κ2) is 9.70. The summed E-state index contributed by atoms with van der Waals surface area (Å²) in [5.74, 6) is 1.69. The molecule has 0 radical (unpaired) electrons. The van der Waals surface area contributed by atoms with Gasteiger partial charge in [-0.25, -0.2) is 0 Å². The van der Waals surface area contributed by atoms with Gasteiger partial charge < -0.3 is 24.0 Å². The van der Waals surface area contributed by atoms with Crippen molar-refractivity contribution in [2.45, 2.75) is 0 Å². The van der Waals surface area contributed by atoms with E-state index in [1.165, 1.54) is 0 Å². The van der Waals surface area contributed by atoms with Crippen molar-refractivity contribution in [3.63, 3.8) is 0 Å². The monoisotopic (exact) mass is 407 g/mol. The Kier molecular flexibility index (Phi) is 6.81. The van der Waals surface area contributed by atoms with Crippen molar-refractivity contribution in [2.24, 2.45) is 0 Å². The highest BCUT2D eigenvalue weighted by atomic mass is 16.5. The normalized spacial score (nSPS) is 14.1. The molecule has 156 valence electrons. The van der Waals surface area contributed by atoms with Crippen LogP contribution in [0, 0.1) is 11.3 Å². The van der Waals surface area contributed by atoms with Gasteiger partial charge in [0.05, 0.1) is 21.3 Å². The second-order valence-corrected chi connectivity index (χ2v) is 6.76. The Balaban J connectivity index is 1.68. The quantitative estimate of drug-likeness (QED) is 0.541. The molecule has 30 heavy (non-hydrogen) atoms. The van der Waals surface area contributed by atoms with E-state index < -0.39 is 0 Å². The Morgan fingerprint density at radius 2 is 1.60 bits per heavy atom. The maximum Gasteiger partial charge on any atom is 0.264 e. The summed E-state index contributed by atoms with van der Waals surface area (Å²) in [6.45, 7) is 2.51. The number of nitrogens with zero attached hydrogens (tertiary/aromatic N) is 3. The molecule has 2 aromatic carbocycles. The van der Waals surface area contributed by atoms with Crippen LogP contribution in [-0.2, 0) is 4.79 Å². The third-order valence-electron chi connectivity index (χ3n) is 5.07. The molecule has 1 amide bonds. The van der Waals surface area contributed by atoms with Crippen LogP contribution in [0.1, 0.15) is 5.56 Å². The molecule has 0 atom stereocenters. The zero-order valence-electron chi connectivity index (χ0n) is 17.4. The van der Waals surface area contributed by atoms with Gasteiger partial charge in [-0.05, 0) is 48.0 Å². The maximum atomic E-state index is 12.9. The summed E-state index contributed by atoms with van der Waals surface area (Å²) < 4.78 is 15.7. The Bertz CT molecular complexity index is 955. The number of carbonyl (C=O) groups is 1. The van der Waals surface area contributed by atoms with Gasteiger partial charge in [-0.2, -0.15) is 5.26 Å². The summed E-state index contributed by atoms with van der Waals surface area (Å²) in [6.07, 6.45) is 1.58. The smallest absolute Gasteiger partial charge is 0.264 e. The highest BCUT2D eigenvalue weighted by Crippen LogP contribution is 2.28. The largest absolute Gasteiger partial charge is 0.497 e. The number of amides is 1. The predicted octanol–water partition coefficient (Wildman–Crippen LogP) is 2.97. The summed E-state index contributed by atoms with van der Waals surface area (Å²) >= 11 is 0. The standard InChI is InChI=1S/C23H25N3O4/c1-28-20-7-5-19(6-8-20)25-10-12-26(13-11-25)23(27)18(16-24)14-17-4-9-21(29-2)22(15-17)30-3/h4-9,14-15H,10-13H2,1-3H3/b18-14+. The van der Waals surface area contributed by atoms with E-state index in [0.717, 1.165) is 11.4 Å². The first-order chi connectivity index (χ1) is 14.6. The van der Waals surface area contributed by atoms with Crippen molar-refractivity contribution in [2.75, 3.05) is 52.4 Å². The number of anilines is 1. The third-order valence-corrected chi connectivity index (χ3v) is 5.07. The lowest BCUT2D eigenvalue weighted by atomic mass is 10.1. The minimum Gasteiger partial charge on any atom is -0.497 e. The van der Waals surface area contributed by atoms with Gasteiger partial charge in [0.1, 0.15) is 17.4 Å². The van der Waals surface area contributed by atoms with E-state index in [4.69, 9.17) is 14.2 Å². The Labute approximate surface area is 176 Å². The van der Waals surface area contributed by atoms with Crippen LogP contribution in [0.15, 0.2) is 48.0 Å². The molecule has 0 N–H and O–H groups in total. The first-order valence-electron chi connectivity index (χ1n) is 9.61. The van der Waals surface area contributed by atoms with Crippen molar-refractivity contribution < 1.29 is 19.0 Å². The van der Waals surface area contributed by atoms with Gasteiger partial charge in [-0.3, -0.25) is 4.79 Å². The molecular formula is C23H25N3O4. The lowest BCUT2D eigenvalue weighted by molar-refractivity contribution is -0.126. The van der Waals surface area contributed by atoms with Gasteiger partial charge in [0.2, 0.25) is 0 Å². The van der Waals surface area contributed by atoms with E-state index in [1.54, 1.807) is 50.5 Å². The van der Waals surface area contributed by atoms with Crippen molar-refractivity contribution in [1.82, 2.24) is 4.90 Å². The van der Waals surface area contributed by atoms with Crippen LogP contribution in [0.2, 0.25) is 0 Å². The number of hydrogen-bond donors (Lipinski definition) is 0. The summed E-state index contributed by atoms with van der Waals surface area (Å²) in [4.78, 5) is 16.8. The summed E-state index contributed by atoms with van der Waals surface area (Å²) in [5, 5.41) is 9.55. The van der Waals surface area contributed by atoms with E-state index in [0.29, 0.717) is 43.2 Å². The first-order valence-corrected chi connectivity index (χ1v) is 9.61. The molecule has 0 bridgehead atoms. The van der Waals surface area contributed by atoms with Crippen LogP contribution in [0.3, 0.4) is 0 Å². The van der Waals surface area contributed by atoms with Crippen molar-refractivity contribution in [3.05, 3.63) is 53.6 Å². The average Bonchev–Trinajstić information content (AvgIpc) is 2.82. The molecule has 1 fully saturated rings. The van der Waals surface area contributed by atoms with E-state index >= 15 is 0 Å². The van der Waals surface area contributed by atoms with Gasteiger partial charge in [0.15, 0.2) is 11.5 Å². The van der Waals surface area contributed by atoms with Gasteiger partial charge in [-0.15, -0.1) is 0 Å². The molecule has 7 heteroatoms. The van der Waals surface area contributed by atoms with Crippen LogP contribution >= 0.6 is 0 Å². The highest BCUT2D eigenvalue weighted by molar-refractivity contribution is 6.01. The first kappa shape index (κ1) is 21.1. The van der Waals surface area contributed by atoms with Gasteiger partial charge in [0.25, 0.3) is 5.91 Å². The SMILES string of the molecule is COc1ccc(N2CCN(C(=O)/C(C#N)=C/c3ccc(OC)c(OC)c3)CC2)cc1. The third kappa shape index (κ3) is 4.66. The van der Waals surface area contributed by atoms with Crippen LogP contribution in [0.4, 0.5) is 5.69 Å². The molecule has 0 aliphatic carbocycles. The fraction of sp³-hybridized carbons (Fsp3) is 0.304. The second-order valence-electron chi connectivity index (χ2n) is 6.76. The number of benzene rings is 2. The van der Waals surface area contributed by atoms with Crippen LogP contribution < -0.4 is 19.1 Å². The van der Waals surface area contributed by atoms with Crippen LogP contribution in [-0.4, -0.2) is 58.3 Å². The minimum absolute atomic E-state index is 0.0973. The van der Waals surface area contributed by atoms with E-state index in [1.807, 2.05) is 30.3 Å². The molecule has 1 saturated heterocycles. The zero-order valence-corrected chi connectivity index (χ0v) is 17.4. The fourth-order valence-corrected chi connectivity index (χ4v) is 3.38. The van der Waals surface area contributed by atoms with Gasteiger partial charge in [-0.1, -0.05) is 6.07 Å². The van der Waals surface area contributed by atoms with Crippen molar-refractivity contribution in [1.29, 1.82) is 5.26 Å². The summed E-state index contributed by atoms with van der Waals surface area (Å²) in [6, 6.07) is 15.2. The Morgan fingerprint density at radius 1 is 0.933 bits per heavy atom. The molecule has 7 nitrogen and oxygen atoms in total. The van der Waals surface area contributed by atoms with Crippen LogP contribution in [0.5, 0.6) is 17.2 Å². The van der Waals surface area contributed by atoms with E-state index in [-0.39, 0.29) is 11.5 Å². The number of rotatable bonds is 6. The number of piperazine rings is 1. The maximum absolute atomic E-state index is 12.9. The van der Waals surface area contributed by atoms with Gasteiger partial charge >= 0.3 is 0 Å². The lowest BCUT2D eigenvalue weighted by Gasteiger charge is -2.36. The molecule has 3 rings (SSSR count). The Morgan fingerprint density at radius 3 is 2.17 bits per heavy atom. The molecule has 0 aromatic heterocycles. The van der Waals surface area contributed by atoms with E-state index in [9.17, 15) is 10.1 Å². The number of hydrogen-bond acceptors (Lipinski definition) is 6. The molecular weight excluding hydrogens is 382 g/mol. The average molecular weight is 407 g/mol. The number of nitriles is 1. The summed E-state index contributed by atoms with van der Waals surface area (Å²) in [5.41, 5.74) is 1.89. The van der Waals surface area contributed by atoms with Crippen LogP contribution in [0.25, 0.3) is 6.08 Å². The minimum atomic E-state index is -0.262. The summed E-state index contributed by atoms with van der Waals surface area (Å²) in [7, 11) is 4.74. The number of methoxy groups -OCH3 is 3. The number of ether oxygens (including phenoxy) is 3. The fourth-order valence-electron chi connectivity index (χ4n) is 3.38. The topological polar surface area (TPSA) is 75.0 Å².